The Morgan fingerprint density at radius 3 is 2.29 bits per heavy atom. The standard InChI is InChI=1S/C15H18N2/c1-3-17(4-2)14-11-8-12-16-15(14)13-9-6-5-7-10-13/h5-12H,3-4H2,1-2H3. The summed E-state index contributed by atoms with van der Waals surface area (Å²) in [6.45, 7) is 6.35. The van der Waals surface area contributed by atoms with Gasteiger partial charge in [-0.2, -0.15) is 0 Å². The summed E-state index contributed by atoms with van der Waals surface area (Å²) in [6, 6.07) is 14.5. The Labute approximate surface area is 103 Å². The molecule has 0 aliphatic carbocycles. The van der Waals surface area contributed by atoms with Crippen LogP contribution in [0.3, 0.4) is 0 Å². The molecule has 1 aromatic carbocycles. The molecule has 2 aromatic rings. The van der Waals surface area contributed by atoms with E-state index >= 15 is 0 Å². The van der Waals surface area contributed by atoms with Gasteiger partial charge >= 0.3 is 0 Å². The van der Waals surface area contributed by atoms with Gasteiger partial charge in [-0.3, -0.25) is 4.98 Å². The van der Waals surface area contributed by atoms with Crippen LogP contribution in [0.15, 0.2) is 48.7 Å². The van der Waals surface area contributed by atoms with Crippen LogP contribution in [-0.2, 0) is 0 Å². The van der Waals surface area contributed by atoms with E-state index in [1.807, 2.05) is 18.3 Å². The fraction of sp³-hybridized carbons (Fsp3) is 0.267. The fourth-order valence-electron chi connectivity index (χ4n) is 2.03. The van der Waals surface area contributed by atoms with Gasteiger partial charge in [-0.1, -0.05) is 30.3 Å². The summed E-state index contributed by atoms with van der Waals surface area (Å²) in [7, 11) is 0. The van der Waals surface area contributed by atoms with Crippen LogP contribution in [0.25, 0.3) is 11.3 Å². The van der Waals surface area contributed by atoms with Gasteiger partial charge < -0.3 is 4.90 Å². The predicted octanol–water partition coefficient (Wildman–Crippen LogP) is 3.59. The molecule has 0 N–H and O–H groups in total. The molecule has 0 aliphatic rings. The van der Waals surface area contributed by atoms with Crippen molar-refractivity contribution >= 4 is 5.69 Å². The van der Waals surface area contributed by atoms with Crippen LogP contribution in [0.5, 0.6) is 0 Å². The first-order chi connectivity index (χ1) is 8.36. The lowest BCUT2D eigenvalue weighted by molar-refractivity contribution is 0.864. The third kappa shape index (κ3) is 2.47. The number of benzene rings is 1. The van der Waals surface area contributed by atoms with Gasteiger partial charge in [-0.05, 0) is 26.0 Å². The van der Waals surface area contributed by atoms with Gasteiger partial charge in [0.2, 0.25) is 0 Å². The zero-order valence-corrected chi connectivity index (χ0v) is 10.4. The van der Waals surface area contributed by atoms with Crippen LogP contribution >= 0.6 is 0 Å². The molecule has 2 nitrogen and oxygen atoms in total. The molecular formula is C15H18N2. The highest BCUT2D eigenvalue weighted by Crippen LogP contribution is 2.27. The van der Waals surface area contributed by atoms with Crippen molar-refractivity contribution in [3.63, 3.8) is 0 Å². The average molecular weight is 226 g/mol. The summed E-state index contributed by atoms with van der Waals surface area (Å²) < 4.78 is 0. The quantitative estimate of drug-likeness (QED) is 0.792. The summed E-state index contributed by atoms with van der Waals surface area (Å²) >= 11 is 0. The summed E-state index contributed by atoms with van der Waals surface area (Å²) in [6.07, 6.45) is 1.86. The molecule has 2 heteroatoms. The highest BCUT2D eigenvalue weighted by molar-refractivity contribution is 5.74. The molecule has 0 aliphatic heterocycles. The van der Waals surface area contributed by atoms with Crippen molar-refractivity contribution in [2.24, 2.45) is 0 Å². The Kier molecular flexibility index (Phi) is 3.76. The predicted molar refractivity (Wildman–Crippen MR) is 73.2 cm³/mol. The number of anilines is 1. The first-order valence-corrected chi connectivity index (χ1v) is 6.12. The summed E-state index contributed by atoms with van der Waals surface area (Å²) in [5, 5.41) is 0. The number of hydrogen-bond donors (Lipinski definition) is 0. The van der Waals surface area contributed by atoms with Crippen LogP contribution in [-0.4, -0.2) is 18.1 Å². The summed E-state index contributed by atoms with van der Waals surface area (Å²) in [4.78, 5) is 6.85. The monoisotopic (exact) mass is 226 g/mol. The second-order valence-corrected chi connectivity index (χ2v) is 3.91. The number of pyridine rings is 1. The molecule has 2 rings (SSSR count). The smallest absolute Gasteiger partial charge is 0.0935 e. The Morgan fingerprint density at radius 1 is 0.941 bits per heavy atom. The Hall–Kier alpha value is -1.83. The number of hydrogen-bond acceptors (Lipinski definition) is 2. The molecule has 0 bridgehead atoms. The van der Waals surface area contributed by atoms with E-state index in [0.29, 0.717) is 0 Å². The van der Waals surface area contributed by atoms with E-state index in [1.165, 1.54) is 11.3 Å². The highest BCUT2D eigenvalue weighted by atomic mass is 15.1. The number of aromatic nitrogens is 1. The Bertz CT molecular complexity index is 461. The van der Waals surface area contributed by atoms with Gasteiger partial charge in [0.25, 0.3) is 0 Å². The molecule has 0 atom stereocenters. The molecule has 88 valence electrons. The minimum Gasteiger partial charge on any atom is -0.370 e. The molecule has 0 fully saturated rings. The molecule has 17 heavy (non-hydrogen) atoms. The molecule has 1 aromatic heterocycles. The normalized spacial score (nSPS) is 10.2. The van der Waals surface area contributed by atoms with Gasteiger partial charge in [0.05, 0.1) is 11.4 Å². The summed E-state index contributed by atoms with van der Waals surface area (Å²) in [5.74, 6) is 0. The molecule has 0 spiro atoms. The van der Waals surface area contributed by atoms with E-state index in [4.69, 9.17) is 0 Å². The topological polar surface area (TPSA) is 16.1 Å². The van der Waals surface area contributed by atoms with Crippen molar-refractivity contribution in [3.05, 3.63) is 48.7 Å². The highest BCUT2D eigenvalue weighted by Gasteiger charge is 2.10. The Balaban J connectivity index is 2.48. The van der Waals surface area contributed by atoms with Gasteiger partial charge in [0, 0.05) is 24.8 Å². The van der Waals surface area contributed by atoms with Crippen molar-refractivity contribution in [2.45, 2.75) is 13.8 Å². The number of rotatable bonds is 4. The third-order valence-corrected chi connectivity index (χ3v) is 2.94. The van der Waals surface area contributed by atoms with Gasteiger partial charge in [-0.25, -0.2) is 0 Å². The largest absolute Gasteiger partial charge is 0.370 e. The number of nitrogens with zero attached hydrogens (tertiary/aromatic N) is 2. The van der Waals surface area contributed by atoms with Crippen LogP contribution in [0.2, 0.25) is 0 Å². The Morgan fingerprint density at radius 2 is 1.65 bits per heavy atom. The van der Waals surface area contributed by atoms with Gasteiger partial charge in [0.15, 0.2) is 0 Å². The van der Waals surface area contributed by atoms with Gasteiger partial charge in [-0.15, -0.1) is 0 Å². The molecule has 0 unspecified atom stereocenters. The lowest BCUT2D eigenvalue weighted by Crippen LogP contribution is -2.22. The van der Waals surface area contributed by atoms with Crippen LogP contribution in [0, 0.1) is 0 Å². The first-order valence-electron chi connectivity index (χ1n) is 6.12. The maximum Gasteiger partial charge on any atom is 0.0935 e. The van der Waals surface area contributed by atoms with E-state index in [1.54, 1.807) is 0 Å². The minimum atomic E-state index is 1.00. The second-order valence-electron chi connectivity index (χ2n) is 3.91. The maximum atomic E-state index is 4.52. The van der Waals surface area contributed by atoms with Crippen LogP contribution in [0.1, 0.15) is 13.8 Å². The molecule has 0 saturated heterocycles. The lowest BCUT2D eigenvalue weighted by Gasteiger charge is -2.23. The van der Waals surface area contributed by atoms with Gasteiger partial charge in [0.1, 0.15) is 0 Å². The minimum absolute atomic E-state index is 1.00. The SMILES string of the molecule is CCN(CC)c1cccnc1-c1ccccc1. The van der Waals surface area contributed by atoms with Crippen molar-refractivity contribution in [1.29, 1.82) is 0 Å². The van der Waals surface area contributed by atoms with E-state index in [0.717, 1.165) is 18.8 Å². The van der Waals surface area contributed by atoms with E-state index < -0.39 is 0 Å². The van der Waals surface area contributed by atoms with Crippen LogP contribution < -0.4 is 4.90 Å². The van der Waals surface area contributed by atoms with E-state index in [9.17, 15) is 0 Å². The summed E-state index contributed by atoms with van der Waals surface area (Å²) in [5.41, 5.74) is 3.45. The first kappa shape index (κ1) is 11.6. The lowest BCUT2D eigenvalue weighted by atomic mass is 10.1. The molecule has 1 heterocycles. The van der Waals surface area contributed by atoms with Crippen molar-refractivity contribution in [2.75, 3.05) is 18.0 Å². The molecule has 0 saturated carbocycles. The molecular weight excluding hydrogens is 208 g/mol. The second kappa shape index (κ2) is 5.48. The zero-order valence-electron chi connectivity index (χ0n) is 10.4. The maximum absolute atomic E-state index is 4.52. The van der Waals surface area contributed by atoms with Crippen molar-refractivity contribution < 1.29 is 0 Å². The van der Waals surface area contributed by atoms with E-state index in [2.05, 4.69) is 54.1 Å². The van der Waals surface area contributed by atoms with Crippen LogP contribution in [0.4, 0.5) is 5.69 Å². The average Bonchev–Trinajstić information content (AvgIpc) is 2.42. The molecule has 0 radical (unpaired) electrons. The van der Waals surface area contributed by atoms with Crippen molar-refractivity contribution in [1.82, 2.24) is 4.98 Å². The van der Waals surface area contributed by atoms with E-state index in [-0.39, 0.29) is 0 Å². The van der Waals surface area contributed by atoms with Crippen molar-refractivity contribution in [3.8, 4) is 11.3 Å². The third-order valence-electron chi connectivity index (χ3n) is 2.94. The zero-order chi connectivity index (χ0) is 12.1. The fourth-order valence-corrected chi connectivity index (χ4v) is 2.03. The molecule has 0 amide bonds.